The molecule has 1 N–H and O–H groups in total. The third kappa shape index (κ3) is 0.730. The van der Waals surface area contributed by atoms with Gasteiger partial charge < -0.3 is 0 Å². The monoisotopic (exact) mass is 150 g/mol. The number of hydrogen-bond acceptors (Lipinski definition) is 2. The van der Waals surface area contributed by atoms with Crippen LogP contribution in [0.1, 0.15) is 6.92 Å². The predicted octanol–water partition coefficient (Wildman–Crippen LogP) is -0.417. The molecular formula is C3H6N2Se. The Bertz CT molecular complexity index is 63.2. The van der Waals surface area contributed by atoms with Crippen LogP contribution in [0.25, 0.3) is 0 Å². The van der Waals surface area contributed by atoms with Gasteiger partial charge in [-0.3, -0.25) is 0 Å². The van der Waals surface area contributed by atoms with E-state index < -0.39 is 0 Å². The van der Waals surface area contributed by atoms with Gasteiger partial charge in [-0.25, -0.2) is 0 Å². The molecule has 0 aliphatic carbocycles. The second-order valence-electron chi connectivity index (χ2n) is 1.14. The van der Waals surface area contributed by atoms with Gasteiger partial charge in [-0.15, -0.1) is 0 Å². The van der Waals surface area contributed by atoms with Crippen molar-refractivity contribution in [2.75, 3.05) is 0 Å². The average molecular weight is 149 g/mol. The molecule has 0 fully saturated rings. The summed E-state index contributed by atoms with van der Waals surface area (Å²) in [6.45, 7) is 2.13. The van der Waals surface area contributed by atoms with Gasteiger partial charge in [0.1, 0.15) is 0 Å². The number of nitrogens with zero attached hydrogens (tertiary/aromatic N) is 1. The van der Waals surface area contributed by atoms with Crippen molar-refractivity contribution in [2.45, 2.75) is 11.9 Å². The first-order chi connectivity index (χ1) is 2.89. The van der Waals surface area contributed by atoms with E-state index in [4.69, 9.17) is 0 Å². The van der Waals surface area contributed by atoms with E-state index in [1.807, 2.05) is 5.11 Å². The molecule has 0 spiro atoms. The van der Waals surface area contributed by atoms with Crippen molar-refractivity contribution in [1.29, 1.82) is 0 Å². The Balaban J connectivity index is 2.32. The molecule has 0 saturated heterocycles. The van der Waals surface area contributed by atoms with Crippen molar-refractivity contribution in [1.82, 2.24) is 5.43 Å². The molecule has 3 heteroatoms. The molecule has 0 amide bonds. The van der Waals surface area contributed by atoms with Gasteiger partial charge in [0.2, 0.25) is 0 Å². The molecule has 2 nitrogen and oxygen atoms in total. The first kappa shape index (κ1) is 4.16. The van der Waals surface area contributed by atoms with Crippen molar-refractivity contribution in [3.63, 3.8) is 0 Å². The second-order valence-corrected chi connectivity index (χ2v) is 3.64. The van der Waals surface area contributed by atoms with Gasteiger partial charge in [-0.2, -0.15) is 0 Å². The van der Waals surface area contributed by atoms with Crippen LogP contribution >= 0.6 is 0 Å². The first-order valence-corrected chi connectivity index (χ1v) is 3.80. The van der Waals surface area contributed by atoms with Gasteiger partial charge in [0.05, 0.1) is 0 Å². The van der Waals surface area contributed by atoms with Gasteiger partial charge in [0, 0.05) is 0 Å². The maximum absolute atomic E-state index is 3.82. The van der Waals surface area contributed by atoms with Crippen molar-refractivity contribution >= 4 is 20.1 Å². The van der Waals surface area contributed by atoms with E-state index in [1.165, 1.54) is 0 Å². The summed E-state index contributed by atoms with van der Waals surface area (Å²) in [4.78, 5) is 0.637. The summed E-state index contributed by atoms with van der Waals surface area (Å²) in [6.07, 6.45) is 0. The molecule has 0 saturated carbocycles. The Morgan fingerprint density at radius 1 is 2.00 bits per heavy atom. The molecule has 1 atom stereocenters. The third-order valence-electron chi connectivity index (χ3n) is 0.574. The van der Waals surface area contributed by atoms with Gasteiger partial charge in [-0.1, -0.05) is 0 Å². The van der Waals surface area contributed by atoms with Crippen LogP contribution in [0.15, 0.2) is 5.10 Å². The Morgan fingerprint density at radius 3 is 3.00 bits per heavy atom. The molecule has 1 aliphatic heterocycles. The topological polar surface area (TPSA) is 24.4 Å². The minimum absolute atomic E-state index is 0.625. The van der Waals surface area contributed by atoms with Crippen molar-refractivity contribution in [3.8, 4) is 0 Å². The van der Waals surface area contributed by atoms with Gasteiger partial charge in [0.25, 0.3) is 0 Å². The fourth-order valence-corrected chi connectivity index (χ4v) is 1.18. The number of hydrazone groups is 1. The van der Waals surface area contributed by atoms with Crippen LogP contribution < -0.4 is 5.43 Å². The molecule has 6 heavy (non-hydrogen) atoms. The van der Waals surface area contributed by atoms with Crippen LogP contribution in [-0.2, 0) is 0 Å². The normalized spacial score (nSPS) is 30.5. The van der Waals surface area contributed by atoms with Crippen LogP contribution in [0.5, 0.6) is 0 Å². The summed E-state index contributed by atoms with van der Waals surface area (Å²) in [7, 11) is 0. The van der Waals surface area contributed by atoms with Crippen molar-refractivity contribution in [2.24, 2.45) is 5.10 Å². The number of rotatable bonds is 0. The minimum atomic E-state index is 0.625. The third-order valence-corrected chi connectivity index (χ3v) is 2.13. The van der Waals surface area contributed by atoms with E-state index in [9.17, 15) is 0 Å². The molecule has 0 aromatic rings. The van der Waals surface area contributed by atoms with Gasteiger partial charge in [-0.05, 0) is 0 Å². The molecule has 1 unspecified atom stereocenters. The molecular weight excluding hydrogens is 143 g/mol. The summed E-state index contributed by atoms with van der Waals surface area (Å²) >= 11 is 0.625. The van der Waals surface area contributed by atoms with Crippen LogP contribution in [0.2, 0.25) is 0 Å². The molecule has 1 heterocycles. The Kier molecular flexibility index (Phi) is 1.13. The van der Waals surface area contributed by atoms with E-state index in [2.05, 4.69) is 17.5 Å². The Hall–Kier alpha value is -0.0105. The van der Waals surface area contributed by atoms with E-state index in [0.717, 1.165) is 0 Å². The summed E-state index contributed by atoms with van der Waals surface area (Å²) < 4.78 is 0. The molecule has 0 radical (unpaired) electrons. The van der Waals surface area contributed by atoms with Crippen molar-refractivity contribution in [3.05, 3.63) is 0 Å². The van der Waals surface area contributed by atoms with Crippen LogP contribution in [-0.4, -0.2) is 25.0 Å². The van der Waals surface area contributed by atoms with E-state index in [1.54, 1.807) is 0 Å². The van der Waals surface area contributed by atoms with Crippen LogP contribution in [0.4, 0.5) is 0 Å². The molecule has 1 aliphatic rings. The summed E-state index contributed by atoms with van der Waals surface area (Å²) in [5.74, 6) is 0. The van der Waals surface area contributed by atoms with Gasteiger partial charge in [0.15, 0.2) is 0 Å². The zero-order valence-corrected chi connectivity index (χ0v) is 5.22. The Morgan fingerprint density at radius 2 is 2.83 bits per heavy atom. The molecule has 0 bridgehead atoms. The SMILES string of the molecule is CC1NN=C[Se]1. The summed E-state index contributed by atoms with van der Waals surface area (Å²) in [6, 6.07) is 0. The molecule has 0 aromatic heterocycles. The fourth-order valence-electron chi connectivity index (χ4n) is 0.288. The second kappa shape index (κ2) is 1.63. The number of hydrogen-bond donors (Lipinski definition) is 1. The number of nitrogens with one attached hydrogen (secondary N) is 1. The zero-order valence-electron chi connectivity index (χ0n) is 3.51. The summed E-state index contributed by atoms with van der Waals surface area (Å²) in [5.41, 5.74) is 2.92. The standard InChI is InChI=1S/C3H6N2Se/c1-3-5-4-2-6-3/h2-3,5H,1H3. The van der Waals surface area contributed by atoms with Gasteiger partial charge >= 0.3 is 42.5 Å². The Labute approximate surface area is 43.2 Å². The van der Waals surface area contributed by atoms with Crippen LogP contribution in [0.3, 0.4) is 0 Å². The quantitative estimate of drug-likeness (QED) is 0.465. The average Bonchev–Trinajstić information content (AvgIpc) is 1.86. The zero-order chi connectivity index (χ0) is 4.41. The van der Waals surface area contributed by atoms with Crippen molar-refractivity contribution < 1.29 is 0 Å². The fraction of sp³-hybridized carbons (Fsp3) is 0.667. The maximum atomic E-state index is 3.82. The van der Waals surface area contributed by atoms with E-state index in [0.29, 0.717) is 19.9 Å². The van der Waals surface area contributed by atoms with Crippen LogP contribution in [0, 0.1) is 0 Å². The molecule has 1 rings (SSSR count). The first-order valence-electron chi connectivity index (χ1n) is 1.82. The molecule has 34 valence electrons. The predicted molar refractivity (Wildman–Crippen MR) is 26.8 cm³/mol. The molecule has 0 aromatic carbocycles. The van der Waals surface area contributed by atoms with E-state index in [-0.39, 0.29) is 0 Å². The summed E-state index contributed by atoms with van der Waals surface area (Å²) in [5, 5.41) is 5.77. The van der Waals surface area contributed by atoms with E-state index >= 15 is 0 Å².